The fourth-order valence-electron chi connectivity index (χ4n) is 1.56. The van der Waals surface area contributed by atoms with Gasteiger partial charge in [0.2, 0.25) is 0 Å². The molecule has 0 spiro atoms. The van der Waals surface area contributed by atoms with Crippen molar-refractivity contribution in [2.75, 3.05) is 18.8 Å². The average molecular weight is 189 g/mol. The molecule has 0 saturated carbocycles. The Morgan fingerprint density at radius 3 is 1.92 bits per heavy atom. The van der Waals surface area contributed by atoms with Crippen molar-refractivity contribution >= 4 is 12.6 Å². The van der Waals surface area contributed by atoms with Crippen LogP contribution in [0.25, 0.3) is 0 Å². The smallest absolute Gasteiger partial charge is 0.00399 e. The van der Waals surface area contributed by atoms with Gasteiger partial charge in [0, 0.05) is 18.8 Å². The van der Waals surface area contributed by atoms with Crippen LogP contribution in [-0.2, 0) is 0 Å². The summed E-state index contributed by atoms with van der Waals surface area (Å²) < 4.78 is 0. The lowest BCUT2D eigenvalue weighted by Gasteiger charge is -2.30. The van der Waals surface area contributed by atoms with Crippen LogP contribution in [0.4, 0.5) is 0 Å². The van der Waals surface area contributed by atoms with Crippen molar-refractivity contribution in [1.29, 1.82) is 0 Å². The van der Waals surface area contributed by atoms with Gasteiger partial charge in [0.25, 0.3) is 0 Å². The lowest BCUT2D eigenvalue weighted by atomic mass is 9.80. The van der Waals surface area contributed by atoms with Gasteiger partial charge in [-0.2, -0.15) is 12.6 Å². The number of rotatable bonds is 7. The summed E-state index contributed by atoms with van der Waals surface area (Å²) in [4.78, 5) is 0. The van der Waals surface area contributed by atoms with Crippen LogP contribution >= 0.6 is 12.6 Å². The quantitative estimate of drug-likeness (QED) is 0.463. The number of hydrogen-bond donors (Lipinski definition) is 2. The molecule has 0 aliphatic carbocycles. The minimum absolute atomic E-state index is 0.531. The van der Waals surface area contributed by atoms with E-state index in [9.17, 15) is 0 Å². The summed E-state index contributed by atoms with van der Waals surface area (Å²) in [6.07, 6.45) is 3.83. The van der Waals surface area contributed by atoms with E-state index in [0.29, 0.717) is 5.41 Å². The molecule has 0 aromatic carbocycles. The minimum Gasteiger partial charge on any atom is -0.315 e. The lowest BCUT2D eigenvalue weighted by Crippen LogP contribution is -2.33. The molecule has 0 rings (SSSR count). The summed E-state index contributed by atoms with van der Waals surface area (Å²) in [6.45, 7) is 9.04. The van der Waals surface area contributed by atoms with Crippen molar-refractivity contribution in [2.24, 2.45) is 5.41 Å². The molecule has 0 radical (unpaired) electrons. The number of nitrogens with one attached hydrogen (secondary N) is 1. The Hall–Kier alpha value is 0.310. The molecule has 0 heterocycles. The average Bonchev–Trinajstić information content (AvgIpc) is 2.14. The lowest BCUT2D eigenvalue weighted by molar-refractivity contribution is 0.240. The Bertz CT molecular complexity index is 91.7. The second-order valence-electron chi connectivity index (χ2n) is 3.46. The molecule has 1 nitrogen and oxygen atoms in total. The monoisotopic (exact) mass is 189 g/mol. The van der Waals surface area contributed by atoms with Gasteiger partial charge in [0.1, 0.15) is 0 Å². The maximum Gasteiger partial charge on any atom is 0.00399 e. The van der Waals surface area contributed by atoms with Gasteiger partial charge >= 0.3 is 0 Å². The van der Waals surface area contributed by atoms with E-state index in [1.54, 1.807) is 0 Å². The first kappa shape index (κ1) is 12.3. The molecule has 2 heteroatoms. The Kier molecular flexibility index (Phi) is 6.96. The summed E-state index contributed by atoms with van der Waals surface area (Å²) in [5, 5.41) is 3.45. The van der Waals surface area contributed by atoms with Crippen LogP contribution in [0.2, 0.25) is 0 Å². The first-order chi connectivity index (χ1) is 5.74. The highest BCUT2D eigenvalue weighted by Crippen LogP contribution is 2.28. The Morgan fingerprint density at radius 2 is 1.58 bits per heavy atom. The SMILES string of the molecule is CCC(CC)(CC)CNCCS. The first-order valence-corrected chi connectivity index (χ1v) is 5.69. The van der Waals surface area contributed by atoms with E-state index in [4.69, 9.17) is 0 Å². The minimum atomic E-state index is 0.531. The fourth-order valence-corrected chi connectivity index (χ4v) is 1.72. The largest absolute Gasteiger partial charge is 0.315 e. The van der Waals surface area contributed by atoms with E-state index in [-0.39, 0.29) is 0 Å². The second kappa shape index (κ2) is 6.79. The van der Waals surface area contributed by atoms with Crippen molar-refractivity contribution in [3.63, 3.8) is 0 Å². The Balaban J connectivity index is 3.76. The molecule has 12 heavy (non-hydrogen) atoms. The molecule has 0 aliphatic heterocycles. The van der Waals surface area contributed by atoms with Gasteiger partial charge in [0.15, 0.2) is 0 Å². The molecule has 0 unspecified atom stereocenters. The van der Waals surface area contributed by atoms with Crippen LogP contribution in [-0.4, -0.2) is 18.8 Å². The van der Waals surface area contributed by atoms with E-state index in [1.807, 2.05) is 0 Å². The van der Waals surface area contributed by atoms with E-state index < -0.39 is 0 Å². The predicted molar refractivity (Wildman–Crippen MR) is 60.0 cm³/mol. The maximum absolute atomic E-state index is 4.18. The first-order valence-electron chi connectivity index (χ1n) is 5.06. The zero-order valence-electron chi connectivity index (χ0n) is 8.69. The van der Waals surface area contributed by atoms with Crippen molar-refractivity contribution in [3.8, 4) is 0 Å². The fraction of sp³-hybridized carbons (Fsp3) is 1.00. The Morgan fingerprint density at radius 1 is 1.08 bits per heavy atom. The van der Waals surface area contributed by atoms with E-state index in [2.05, 4.69) is 38.7 Å². The highest BCUT2D eigenvalue weighted by molar-refractivity contribution is 7.80. The molecule has 1 N–H and O–H groups in total. The van der Waals surface area contributed by atoms with Gasteiger partial charge in [-0.05, 0) is 24.7 Å². The normalized spacial score (nSPS) is 12.0. The topological polar surface area (TPSA) is 12.0 Å². The van der Waals surface area contributed by atoms with Crippen LogP contribution in [0, 0.1) is 5.41 Å². The van der Waals surface area contributed by atoms with Crippen molar-refractivity contribution in [3.05, 3.63) is 0 Å². The standard InChI is InChI=1S/C10H23NS/c1-4-10(5-2,6-3)9-11-7-8-12/h11-12H,4-9H2,1-3H3. The predicted octanol–water partition coefficient (Wildman–Crippen LogP) is 2.72. The van der Waals surface area contributed by atoms with Gasteiger partial charge in [-0.25, -0.2) is 0 Å². The third-order valence-corrected chi connectivity index (χ3v) is 3.26. The van der Waals surface area contributed by atoms with Crippen molar-refractivity contribution < 1.29 is 0 Å². The van der Waals surface area contributed by atoms with Crippen LogP contribution in [0.15, 0.2) is 0 Å². The molecule has 0 bridgehead atoms. The van der Waals surface area contributed by atoms with Crippen molar-refractivity contribution in [2.45, 2.75) is 40.0 Å². The Labute approximate surface area is 82.7 Å². The summed E-state index contributed by atoms with van der Waals surface area (Å²) in [5.41, 5.74) is 0.531. The van der Waals surface area contributed by atoms with Crippen LogP contribution in [0.3, 0.4) is 0 Å². The molecule has 0 fully saturated rings. The summed E-state index contributed by atoms with van der Waals surface area (Å²) in [7, 11) is 0. The van der Waals surface area contributed by atoms with E-state index >= 15 is 0 Å². The second-order valence-corrected chi connectivity index (χ2v) is 3.91. The molecular weight excluding hydrogens is 166 g/mol. The van der Waals surface area contributed by atoms with Crippen LogP contribution in [0.5, 0.6) is 0 Å². The van der Waals surface area contributed by atoms with Crippen LogP contribution < -0.4 is 5.32 Å². The molecule has 0 aromatic rings. The molecule has 0 amide bonds. The highest BCUT2D eigenvalue weighted by Gasteiger charge is 2.22. The van der Waals surface area contributed by atoms with Gasteiger partial charge in [-0.1, -0.05) is 20.8 Å². The molecule has 0 atom stereocenters. The zero-order valence-corrected chi connectivity index (χ0v) is 9.58. The third kappa shape index (κ3) is 3.81. The molecule has 0 aromatic heterocycles. The van der Waals surface area contributed by atoms with Gasteiger partial charge in [-0.3, -0.25) is 0 Å². The summed E-state index contributed by atoms with van der Waals surface area (Å²) in [6, 6.07) is 0. The van der Waals surface area contributed by atoms with Gasteiger partial charge in [-0.15, -0.1) is 0 Å². The van der Waals surface area contributed by atoms with E-state index in [1.165, 1.54) is 19.3 Å². The maximum atomic E-state index is 4.18. The van der Waals surface area contributed by atoms with Crippen molar-refractivity contribution in [1.82, 2.24) is 5.32 Å². The van der Waals surface area contributed by atoms with E-state index in [0.717, 1.165) is 18.8 Å². The van der Waals surface area contributed by atoms with Crippen LogP contribution in [0.1, 0.15) is 40.0 Å². The number of thiol groups is 1. The molecule has 74 valence electrons. The highest BCUT2D eigenvalue weighted by atomic mass is 32.1. The summed E-state index contributed by atoms with van der Waals surface area (Å²) in [5.74, 6) is 0.938. The van der Waals surface area contributed by atoms with Gasteiger partial charge < -0.3 is 5.32 Å². The number of hydrogen-bond acceptors (Lipinski definition) is 2. The molecule has 0 saturated heterocycles. The zero-order chi connectivity index (χ0) is 9.45. The molecule has 0 aliphatic rings. The summed E-state index contributed by atoms with van der Waals surface area (Å²) >= 11 is 4.18. The molecular formula is C10H23NS. The van der Waals surface area contributed by atoms with Gasteiger partial charge in [0.05, 0.1) is 0 Å². The third-order valence-electron chi connectivity index (χ3n) is 3.04.